The molecule has 1 aromatic heterocycles. The molecule has 0 spiro atoms. The molecule has 6 nitrogen and oxygen atoms in total. The van der Waals surface area contributed by atoms with Crippen LogP contribution in [0.3, 0.4) is 0 Å². The van der Waals surface area contributed by atoms with E-state index in [1.165, 1.54) is 6.26 Å². The van der Waals surface area contributed by atoms with Crippen LogP contribution in [-0.2, 0) is 16.1 Å². The molecule has 0 aliphatic rings. The lowest BCUT2D eigenvalue weighted by Gasteiger charge is -2.13. The maximum absolute atomic E-state index is 12.9. The number of carbonyl (C=O) groups excluding carboxylic acids is 1. The average molecular weight is 444 g/mol. The van der Waals surface area contributed by atoms with Crippen LogP contribution in [-0.4, -0.2) is 12.6 Å². The van der Waals surface area contributed by atoms with Crippen molar-refractivity contribution in [3.63, 3.8) is 0 Å². The molecular weight excluding hydrogens is 420 g/mol. The number of benzene rings is 3. The van der Waals surface area contributed by atoms with Gasteiger partial charge in [-0.25, -0.2) is 4.79 Å². The van der Waals surface area contributed by atoms with E-state index in [9.17, 15) is 9.59 Å². The third-order valence-electron chi connectivity index (χ3n) is 5.07. The maximum Gasteiger partial charge on any atom is 0.344 e. The van der Waals surface area contributed by atoms with E-state index < -0.39 is 5.97 Å². The van der Waals surface area contributed by atoms with Gasteiger partial charge >= 0.3 is 5.97 Å². The zero-order valence-electron chi connectivity index (χ0n) is 18.4. The van der Waals surface area contributed by atoms with Gasteiger partial charge in [0, 0.05) is 6.07 Å². The van der Waals surface area contributed by atoms with Crippen LogP contribution < -0.4 is 14.9 Å². The Morgan fingerprint density at radius 2 is 1.70 bits per heavy atom. The van der Waals surface area contributed by atoms with Gasteiger partial charge in [0.2, 0.25) is 11.2 Å². The predicted octanol–water partition coefficient (Wildman–Crippen LogP) is 5.83. The van der Waals surface area contributed by atoms with E-state index in [0.717, 1.165) is 11.1 Å². The van der Waals surface area contributed by atoms with E-state index in [1.807, 2.05) is 54.6 Å². The summed E-state index contributed by atoms with van der Waals surface area (Å²) >= 11 is 0. The first kappa shape index (κ1) is 22.1. The van der Waals surface area contributed by atoms with Gasteiger partial charge in [-0.1, -0.05) is 62.4 Å². The number of ether oxygens (including phenoxy) is 3. The number of carbonyl (C=O) groups is 1. The fourth-order valence-electron chi connectivity index (χ4n) is 3.34. The summed E-state index contributed by atoms with van der Waals surface area (Å²) in [7, 11) is 0. The molecule has 1 heterocycles. The second-order valence-corrected chi connectivity index (χ2v) is 7.82. The molecule has 4 rings (SSSR count). The number of hydrogen-bond acceptors (Lipinski definition) is 6. The third kappa shape index (κ3) is 5.41. The summed E-state index contributed by atoms with van der Waals surface area (Å²) in [6.45, 7) is 4.04. The topological polar surface area (TPSA) is 75.0 Å². The fraction of sp³-hybridized carbons (Fsp3) is 0.185. The molecule has 3 aromatic carbocycles. The molecule has 0 fully saturated rings. The summed E-state index contributed by atoms with van der Waals surface area (Å²) in [6.07, 6.45) is 1.29. The number of fused-ring (bicyclic) bond motifs is 1. The van der Waals surface area contributed by atoms with Gasteiger partial charge in [-0.2, -0.15) is 0 Å². The Morgan fingerprint density at radius 1 is 0.939 bits per heavy atom. The van der Waals surface area contributed by atoms with E-state index in [1.54, 1.807) is 18.2 Å². The molecular formula is C27H24O6. The van der Waals surface area contributed by atoms with Gasteiger partial charge in [0.1, 0.15) is 30.0 Å². The van der Waals surface area contributed by atoms with Crippen molar-refractivity contribution in [2.24, 2.45) is 0 Å². The summed E-state index contributed by atoms with van der Waals surface area (Å²) in [5.74, 6) is 0.865. The first-order valence-electron chi connectivity index (χ1n) is 10.7. The molecule has 0 aliphatic heterocycles. The van der Waals surface area contributed by atoms with Gasteiger partial charge in [-0.15, -0.1) is 0 Å². The number of rotatable bonds is 8. The van der Waals surface area contributed by atoms with Crippen LogP contribution in [0.25, 0.3) is 11.0 Å². The standard InChI is InChI=1S/C27H24O6/c1-18(2)21-10-6-7-11-23(21)33-25-16-31-24-14-20(12-13-22(24)27(25)29)30-17-26(28)32-15-19-8-4-3-5-9-19/h3-14,16,18H,15,17H2,1-2H3. The van der Waals surface area contributed by atoms with E-state index in [2.05, 4.69) is 13.8 Å². The van der Waals surface area contributed by atoms with Crippen molar-refractivity contribution in [2.75, 3.05) is 6.61 Å². The lowest BCUT2D eigenvalue weighted by atomic mass is 10.0. The molecule has 0 saturated carbocycles. The minimum atomic E-state index is -0.493. The lowest BCUT2D eigenvalue weighted by molar-refractivity contribution is -0.147. The molecule has 0 unspecified atom stereocenters. The summed E-state index contributed by atoms with van der Waals surface area (Å²) < 4.78 is 22.2. The predicted molar refractivity (Wildman–Crippen MR) is 125 cm³/mol. The van der Waals surface area contributed by atoms with Crippen molar-refractivity contribution in [3.8, 4) is 17.2 Å². The number of para-hydroxylation sites is 1. The Morgan fingerprint density at radius 3 is 2.48 bits per heavy atom. The Balaban J connectivity index is 1.43. The Hall–Kier alpha value is -4.06. The smallest absolute Gasteiger partial charge is 0.344 e. The molecule has 33 heavy (non-hydrogen) atoms. The minimum Gasteiger partial charge on any atom is -0.482 e. The Kier molecular flexibility index (Phi) is 6.74. The first-order valence-corrected chi connectivity index (χ1v) is 10.7. The molecule has 0 atom stereocenters. The lowest BCUT2D eigenvalue weighted by Crippen LogP contribution is -2.14. The summed E-state index contributed by atoms with van der Waals surface area (Å²) in [5.41, 5.74) is 1.94. The van der Waals surface area contributed by atoms with E-state index in [0.29, 0.717) is 22.5 Å². The molecule has 0 aliphatic carbocycles. The monoisotopic (exact) mass is 444 g/mol. The zero-order valence-corrected chi connectivity index (χ0v) is 18.4. The summed E-state index contributed by atoms with van der Waals surface area (Å²) in [5, 5.41) is 0.355. The van der Waals surface area contributed by atoms with Gasteiger partial charge in [0.25, 0.3) is 0 Å². The highest BCUT2D eigenvalue weighted by Crippen LogP contribution is 2.30. The van der Waals surface area contributed by atoms with Crippen LogP contribution in [0.4, 0.5) is 0 Å². The highest BCUT2D eigenvalue weighted by molar-refractivity contribution is 5.79. The van der Waals surface area contributed by atoms with Crippen LogP contribution in [0.2, 0.25) is 0 Å². The second kappa shape index (κ2) is 10.0. The maximum atomic E-state index is 12.9. The Labute approximate surface area is 191 Å². The Bertz CT molecular complexity index is 1310. The van der Waals surface area contributed by atoms with Crippen LogP contribution in [0.15, 0.2) is 88.3 Å². The first-order chi connectivity index (χ1) is 16.0. The quantitative estimate of drug-likeness (QED) is 0.318. The molecule has 168 valence electrons. The van der Waals surface area contributed by atoms with E-state index in [4.69, 9.17) is 18.6 Å². The van der Waals surface area contributed by atoms with Crippen LogP contribution in [0, 0.1) is 0 Å². The highest BCUT2D eigenvalue weighted by Gasteiger charge is 2.14. The van der Waals surface area contributed by atoms with Gasteiger partial charge in [-0.3, -0.25) is 4.79 Å². The van der Waals surface area contributed by atoms with Crippen molar-refractivity contribution in [3.05, 3.63) is 100 Å². The van der Waals surface area contributed by atoms with Gasteiger partial charge in [-0.05, 0) is 35.2 Å². The van der Waals surface area contributed by atoms with Crippen molar-refractivity contribution in [1.29, 1.82) is 0 Å². The van der Waals surface area contributed by atoms with Crippen molar-refractivity contribution >= 4 is 16.9 Å². The van der Waals surface area contributed by atoms with Gasteiger partial charge < -0.3 is 18.6 Å². The molecule has 0 saturated heterocycles. The molecule has 0 radical (unpaired) electrons. The molecule has 0 amide bonds. The van der Waals surface area contributed by atoms with Gasteiger partial charge in [0.05, 0.1) is 5.39 Å². The molecule has 6 heteroatoms. The average Bonchev–Trinajstić information content (AvgIpc) is 2.84. The van der Waals surface area contributed by atoms with Crippen molar-refractivity contribution in [2.45, 2.75) is 26.4 Å². The molecule has 4 aromatic rings. The SMILES string of the molecule is CC(C)c1ccccc1Oc1coc2cc(OCC(=O)OCc3ccccc3)ccc2c1=O. The van der Waals surface area contributed by atoms with E-state index >= 15 is 0 Å². The largest absolute Gasteiger partial charge is 0.482 e. The van der Waals surface area contributed by atoms with Gasteiger partial charge in [0.15, 0.2) is 6.61 Å². The van der Waals surface area contributed by atoms with Crippen molar-refractivity contribution < 1.29 is 23.4 Å². The zero-order chi connectivity index (χ0) is 23.2. The fourth-order valence-corrected chi connectivity index (χ4v) is 3.34. The number of hydrogen-bond donors (Lipinski definition) is 0. The molecule has 0 bridgehead atoms. The normalized spacial score (nSPS) is 10.9. The van der Waals surface area contributed by atoms with Crippen LogP contribution in [0.1, 0.15) is 30.9 Å². The summed E-state index contributed by atoms with van der Waals surface area (Å²) in [6, 6.07) is 21.7. The number of esters is 1. The minimum absolute atomic E-state index is 0.105. The summed E-state index contributed by atoms with van der Waals surface area (Å²) in [4.78, 5) is 24.9. The van der Waals surface area contributed by atoms with Crippen LogP contribution in [0.5, 0.6) is 17.2 Å². The third-order valence-corrected chi connectivity index (χ3v) is 5.07. The van der Waals surface area contributed by atoms with Crippen LogP contribution >= 0.6 is 0 Å². The highest BCUT2D eigenvalue weighted by atomic mass is 16.6. The van der Waals surface area contributed by atoms with Crippen molar-refractivity contribution in [1.82, 2.24) is 0 Å². The second-order valence-electron chi connectivity index (χ2n) is 7.82. The van der Waals surface area contributed by atoms with E-state index in [-0.39, 0.29) is 30.3 Å². The molecule has 0 N–H and O–H groups in total.